The average molecular weight is 742 g/mol. The second kappa shape index (κ2) is 13.7. The quantitative estimate of drug-likeness (QED) is 0.162. The van der Waals surface area contributed by atoms with E-state index in [0.717, 1.165) is 55.7 Å². The normalized spacial score (nSPS) is 12.7. The second-order valence-electron chi connectivity index (χ2n) is 15.4. The standard InChI is InChI=1S/C56H39NO/c1-56(51-26-14-11-23-47(51)48-24-12-15-27-52(48)56)53-37-46(36-50-49-25-13-16-28-54(49)58-55(50)53)57(44-31-29-41(30-32-44)38-17-5-2-6-18-38)45-34-42(39-19-7-3-8-20-39)33-43(35-45)40-21-9-4-10-22-40/h2-37H,1H3. The zero-order chi connectivity index (χ0) is 38.6. The lowest BCUT2D eigenvalue weighted by atomic mass is 9.73. The molecular weight excluding hydrogens is 703 g/mol. The molecule has 1 heterocycles. The molecule has 0 fully saturated rings. The number of furan rings is 1. The van der Waals surface area contributed by atoms with E-state index < -0.39 is 5.41 Å². The van der Waals surface area contributed by atoms with Crippen molar-refractivity contribution < 1.29 is 4.42 Å². The largest absolute Gasteiger partial charge is 0.456 e. The van der Waals surface area contributed by atoms with Gasteiger partial charge in [0, 0.05) is 38.8 Å². The maximum Gasteiger partial charge on any atom is 0.140 e. The summed E-state index contributed by atoms with van der Waals surface area (Å²) in [6.07, 6.45) is 0. The van der Waals surface area contributed by atoms with Crippen molar-refractivity contribution in [3.63, 3.8) is 0 Å². The van der Waals surface area contributed by atoms with Crippen molar-refractivity contribution in [2.24, 2.45) is 0 Å². The van der Waals surface area contributed by atoms with Crippen LogP contribution >= 0.6 is 0 Å². The first-order valence-corrected chi connectivity index (χ1v) is 20.0. The fraction of sp³-hybridized carbons (Fsp3) is 0.0357. The minimum absolute atomic E-state index is 0.487. The SMILES string of the molecule is CC1(c2cc(N(c3ccc(-c4ccccc4)cc3)c3cc(-c4ccccc4)cc(-c4ccccc4)c3)cc3c2oc2ccccc23)c2ccccc2-c2ccccc21. The van der Waals surface area contributed by atoms with Crippen LogP contribution in [-0.4, -0.2) is 0 Å². The summed E-state index contributed by atoms with van der Waals surface area (Å²) in [4.78, 5) is 2.44. The summed E-state index contributed by atoms with van der Waals surface area (Å²) in [6.45, 7) is 2.38. The van der Waals surface area contributed by atoms with Crippen molar-refractivity contribution in [2.75, 3.05) is 4.90 Å². The van der Waals surface area contributed by atoms with Gasteiger partial charge in [0.1, 0.15) is 11.2 Å². The molecule has 0 unspecified atom stereocenters. The van der Waals surface area contributed by atoms with Crippen LogP contribution in [0, 0.1) is 0 Å². The van der Waals surface area contributed by atoms with E-state index in [1.165, 1.54) is 44.5 Å². The van der Waals surface area contributed by atoms with Gasteiger partial charge in [0.15, 0.2) is 0 Å². The third-order valence-corrected chi connectivity index (χ3v) is 12.1. The van der Waals surface area contributed by atoms with Crippen molar-refractivity contribution in [1.82, 2.24) is 0 Å². The molecule has 0 saturated heterocycles. The number of para-hydroxylation sites is 1. The van der Waals surface area contributed by atoms with Crippen LogP contribution in [-0.2, 0) is 5.41 Å². The number of hydrogen-bond donors (Lipinski definition) is 0. The van der Waals surface area contributed by atoms with Crippen molar-refractivity contribution in [1.29, 1.82) is 0 Å². The molecule has 0 atom stereocenters. The highest BCUT2D eigenvalue weighted by Crippen LogP contribution is 2.55. The third-order valence-electron chi connectivity index (χ3n) is 12.1. The summed E-state index contributed by atoms with van der Waals surface area (Å²) in [5, 5.41) is 2.20. The monoisotopic (exact) mass is 741 g/mol. The average Bonchev–Trinajstić information content (AvgIpc) is 3.80. The van der Waals surface area contributed by atoms with E-state index >= 15 is 0 Å². The van der Waals surface area contributed by atoms with Gasteiger partial charge in [-0.15, -0.1) is 0 Å². The summed E-state index contributed by atoms with van der Waals surface area (Å²) in [5.74, 6) is 0. The van der Waals surface area contributed by atoms with E-state index in [2.05, 4.69) is 230 Å². The van der Waals surface area contributed by atoms with Gasteiger partial charge >= 0.3 is 0 Å². The molecule has 0 aliphatic heterocycles. The molecule has 0 bridgehead atoms. The number of hydrogen-bond acceptors (Lipinski definition) is 2. The Kier molecular flexibility index (Phi) is 7.97. The summed E-state index contributed by atoms with van der Waals surface area (Å²) < 4.78 is 6.94. The lowest BCUT2D eigenvalue weighted by Gasteiger charge is -2.32. The van der Waals surface area contributed by atoms with Crippen LogP contribution in [0.3, 0.4) is 0 Å². The third kappa shape index (κ3) is 5.49. The number of fused-ring (bicyclic) bond motifs is 6. The summed E-state index contributed by atoms with van der Waals surface area (Å²) in [5.41, 5.74) is 17.8. The van der Waals surface area contributed by atoms with Crippen LogP contribution in [0.2, 0.25) is 0 Å². The fourth-order valence-corrected chi connectivity index (χ4v) is 9.27. The number of benzene rings is 9. The Morgan fingerprint density at radius 1 is 0.345 bits per heavy atom. The van der Waals surface area contributed by atoms with Crippen LogP contribution < -0.4 is 4.90 Å². The van der Waals surface area contributed by atoms with Crippen molar-refractivity contribution in [3.8, 4) is 44.5 Å². The molecule has 11 rings (SSSR count). The van der Waals surface area contributed by atoms with Crippen LogP contribution in [0.25, 0.3) is 66.4 Å². The second-order valence-corrected chi connectivity index (χ2v) is 15.4. The highest BCUT2D eigenvalue weighted by molar-refractivity contribution is 6.09. The molecule has 0 saturated carbocycles. The van der Waals surface area contributed by atoms with Gasteiger partial charge in [-0.1, -0.05) is 170 Å². The van der Waals surface area contributed by atoms with Crippen molar-refractivity contribution in [2.45, 2.75) is 12.3 Å². The maximum atomic E-state index is 6.94. The molecule has 58 heavy (non-hydrogen) atoms. The van der Waals surface area contributed by atoms with Gasteiger partial charge < -0.3 is 9.32 Å². The molecular formula is C56H39NO. The van der Waals surface area contributed by atoms with E-state index in [4.69, 9.17) is 4.42 Å². The van der Waals surface area contributed by atoms with Gasteiger partial charge in [-0.05, 0) is 111 Å². The summed E-state index contributed by atoms with van der Waals surface area (Å²) >= 11 is 0. The molecule has 1 aromatic heterocycles. The molecule has 0 spiro atoms. The van der Waals surface area contributed by atoms with E-state index in [1.807, 2.05) is 0 Å². The number of anilines is 3. The molecule has 1 aliphatic rings. The smallest absolute Gasteiger partial charge is 0.140 e. The van der Waals surface area contributed by atoms with Crippen molar-refractivity contribution in [3.05, 3.63) is 235 Å². The van der Waals surface area contributed by atoms with E-state index in [-0.39, 0.29) is 0 Å². The molecule has 0 N–H and O–H groups in total. The van der Waals surface area contributed by atoms with Gasteiger partial charge in [-0.2, -0.15) is 0 Å². The number of nitrogens with zero attached hydrogens (tertiary/aromatic N) is 1. The Hall–Kier alpha value is -7.42. The minimum Gasteiger partial charge on any atom is -0.456 e. The predicted octanol–water partition coefficient (Wildman–Crippen LogP) is 15.4. The molecule has 0 radical (unpaired) electrons. The molecule has 10 aromatic rings. The first kappa shape index (κ1) is 33.9. The highest BCUT2D eigenvalue weighted by Gasteiger charge is 2.43. The van der Waals surface area contributed by atoms with Gasteiger partial charge in [-0.25, -0.2) is 0 Å². The summed E-state index contributed by atoms with van der Waals surface area (Å²) in [6, 6.07) is 79.0. The Bertz CT molecular complexity index is 3000. The lowest BCUT2D eigenvalue weighted by molar-refractivity contribution is 0.638. The van der Waals surface area contributed by atoms with Crippen LogP contribution in [0.15, 0.2) is 223 Å². The zero-order valence-electron chi connectivity index (χ0n) is 32.1. The van der Waals surface area contributed by atoms with Crippen molar-refractivity contribution >= 4 is 39.0 Å². The Morgan fingerprint density at radius 2 is 0.810 bits per heavy atom. The Balaban J connectivity index is 1.22. The Morgan fingerprint density at radius 3 is 1.40 bits per heavy atom. The first-order chi connectivity index (χ1) is 28.6. The number of rotatable bonds is 7. The van der Waals surface area contributed by atoms with Gasteiger partial charge in [-0.3, -0.25) is 0 Å². The van der Waals surface area contributed by atoms with E-state index in [9.17, 15) is 0 Å². The molecule has 2 nitrogen and oxygen atoms in total. The zero-order valence-corrected chi connectivity index (χ0v) is 32.1. The van der Waals surface area contributed by atoms with E-state index in [0.29, 0.717) is 0 Å². The fourth-order valence-electron chi connectivity index (χ4n) is 9.27. The predicted molar refractivity (Wildman–Crippen MR) is 242 cm³/mol. The maximum absolute atomic E-state index is 6.94. The van der Waals surface area contributed by atoms with Gasteiger partial charge in [0.05, 0.1) is 0 Å². The molecule has 1 aliphatic carbocycles. The van der Waals surface area contributed by atoms with Crippen LogP contribution in [0.5, 0.6) is 0 Å². The molecule has 274 valence electrons. The highest BCUT2D eigenvalue weighted by atomic mass is 16.3. The van der Waals surface area contributed by atoms with Crippen LogP contribution in [0.1, 0.15) is 23.6 Å². The lowest BCUT2D eigenvalue weighted by Crippen LogP contribution is -2.23. The van der Waals surface area contributed by atoms with Gasteiger partial charge in [0.2, 0.25) is 0 Å². The molecule has 2 heteroatoms. The molecule has 0 amide bonds. The van der Waals surface area contributed by atoms with Crippen LogP contribution in [0.4, 0.5) is 17.1 Å². The van der Waals surface area contributed by atoms with Gasteiger partial charge in [0.25, 0.3) is 0 Å². The first-order valence-electron chi connectivity index (χ1n) is 20.0. The minimum atomic E-state index is -0.487. The Labute approximate surface area is 338 Å². The molecule has 9 aromatic carbocycles. The topological polar surface area (TPSA) is 16.4 Å². The van der Waals surface area contributed by atoms with E-state index in [1.54, 1.807) is 0 Å². The summed E-state index contributed by atoms with van der Waals surface area (Å²) in [7, 11) is 0.